The van der Waals surface area contributed by atoms with Crippen molar-refractivity contribution in [1.82, 2.24) is 15.3 Å². The molecule has 0 saturated carbocycles. The summed E-state index contributed by atoms with van der Waals surface area (Å²) in [4.78, 5) is 12.3. The van der Waals surface area contributed by atoms with Crippen molar-refractivity contribution in [2.75, 3.05) is 13.6 Å². The van der Waals surface area contributed by atoms with E-state index in [9.17, 15) is 0 Å². The number of aromatic nitrogens is 2. The zero-order valence-electron chi connectivity index (χ0n) is 8.20. The Morgan fingerprint density at radius 3 is 2.54 bits per heavy atom. The summed E-state index contributed by atoms with van der Waals surface area (Å²) in [6.07, 6.45) is 3.54. The van der Waals surface area contributed by atoms with E-state index < -0.39 is 0 Å². The second-order valence-electron chi connectivity index (χ2n) is 2.62. The Morgan fingerprint density at radius 1 is 1.46 bits per heavy atom. The molecule has 4 nitrogen and oxygen atoms in total. The molecule has 0 amide bonds. The van der Waals surface area contributed by atoms with Gasteiger partial charge in [0.05, 0.1) is 5.56 Å². The van der Waals surface area contributed by atoms with Gasteiger partial charge in [0.25, 0.3) is 0 Å². The Hall–Kier alpha value is -1.45. The van der Waals surface area contributed by atoms with E-state index in [2.05, 4.69) is 20.3 Å². The van der Waals surface area contributed by atoms with Crippen LogP contribution in [0.15, 0.2) is 17.4 Å². The number of rotatable bonds is 2. The molecule has 4 heteroatoms. The third-order valence-electron chi connectivity index (χ3n) is 1.62. The van der Waals surface area contributed by atoms with Gasteiger partial charge in [0.1, 0.15) is 11.7 Å². The molecular formula is C9H14N4. The van der Waals surface area contributed by atoms with E-state index in [1.165, 1.54) is 0 Å². The van der Waals surface area contributed by atoms with Crippen LogP contribution in [-0.4, -0.2) is 29.4 Å². The van der Waals surface area contributed by atoms with Crippen molar-refractivity contribution in [3.05, 3.63) is 23.8 Å². The van der Waals surface area contributed by atoms with Crippen LogP contribution in [0.2, 0.25) is 0 Å². The Morgan fingerprint density at radius 2 is 2.08 bits per heavy atom. The number of aryl methyl sites for hydroxylation is 1. The Labute approximate surface area is 78.1 Å². The fraction of sp³-hybridized carbons (Fsp3) is 0.444. The molecule has 0 bridgehead atoms. The third kappa shape index (κ3) is 2.50. The molecule has 70 valence electrons. The summed E-state index contributed by atoms with van der Waals surface area (Å²) in [5.41, 5.74) is 0.926. The summed E-state index contributed by atoms with van der Waals surface area (Å²) < 4.78 is 0. The minimum Gasteiger partial charge on any atom is -0.370 e. The van der Waals surface area contributed by atoms with Crippen LogP contribution in [0.5, 0.6) is 0 Å². The van der Waals surface area contributed by atoms with E-state index in [4.69, 9.17) is 0 Å². The van der Waals surface area contributed by atoms with E-state index in [0.717, 1.165) is 23.8 Å². The molecule has 0 spiro atoms. The summed E-state index contributed by atoms with van der Waals surface area (Å²) in [5.74, 6) is 1.61. The standard InChI is InChI=1S/C9H14N4/c1-4-11-9(10-3)8-5-12-7(2)13-6-8/h5-6H,4H2,1-3H3,(H,10,11). The molecule has 0 aliphatic heterocycles. The van der Waals surface area contributed by atoms with Gasteiger partial charge in [-0.15, -0.1) is 0 Å². The summed E-state index contributed by atoms with van der Waals surface area (Å²) >= 11 is 0. The first-order valence-electron chi connectivity index (χ1n) is 4.27. The molecule has 1 aromatic heterocycles. The van der Waals surface area contributed by atoms with Crippen LogP contribution < -0.4 is 5.32 Å². The van der Waals surface area contributed by atoms with E-state index in [-0.39, 0.29) is 0 Å². The SMILES string of the molecule is CCNC(=NC)c1cnc(C)nc1. The van der Waals surface area contributed by atoms with Gasteiger partial charge in [0, 0.05) is 26.0 Å². The third-order valence-corrected chi connectivity index (χ3v) is 1.62. The van der Waals surface area contributed by atoms with Crippen LogP contribution in [0.1, 0.15) is 18.3 Å². The molecule has 1 N–H and O–H groups in total. The lowest BCUT2D eigenvalue weighted by Crippen LogP contribution is -2.24. The zero-order valence-corrected chi connectivity index (χ0v) is 8.20. The number of amidine groups is 1. The maximum Gasteiger partial charge on any atom is 0.131 e. The maximum absolute atomic E-state index is 4.10. The minimum absolute atomic E-state index is 0.774. The summed E-state index contributed by atoms with van der Waals surface area (Å²) in [6, 6.07) is 0. The predicted octanol–water partition coefficient (Wildman–Crippen LogP) is 0.771. The topological polar surface area (TPSA) is 50.2 Å². The zero-order chi connectivity index (χ0) is 9.68. The summed E-state index contributed by atoms with van der Waals surface area (Å²) in [5, 5.41) is 3.14. The van der Waals surface area contributed by atoms with Crippen molar-refractivity contribution < 1.29 is 0 Å². The first-order chi connectivity index (χ1) is 6.27. The molecular weight excluding hydrogens is 164 g/mol. The number of hydrogen-bond acceptors (Lipinski definition) is 3. The van der Waals surface area contributed by atoms with Gasteiger partial charge in [-0.2, -0.15) is 0 Å². The largest absolute Gasteiger partial charge is 0.370 e. The normalized spacial score (nSPS) is 11.5. The van der Waals surface area contributed by atoms with E-state index in [0.29, 0.717) is 0 Å². The van der Waals surface area contributed by atoms with Crippen LogP contribution >= 0.6 is 0 Å². The predicted molar refractivity (Wildman–Crippen MR) is 52.9 cm³/mol. The van der Waals surface area contributed by atoms with E-state index in [1.54, 1.807) is 19.4 Å². The molecule has 0 aromatic carbocycles. The lowest BCUT2D eigenvalue weighted by atomic mass is 10.3. The van der Waals surface area contributed by atoms with E-state index >= 15 is 0 Å². The van der Waals surface area contributed by atoms with Gasteiger partial charge in [-0.25, -0.2) is 9.97 Å². The highest BCUT2D eigenvalue weighted by atomic mass is 15.0. The van der Waals surface area contributed by atoms with Crippen molar-refractivity contribution in [1.29, 1.82) is 0 Å². The molecule has 0 aliphatic rings. The van der Waals surface area contributed by atoms with Crippen LogP contribution in [0, 0.1) is 6.92 Å². The van der Waals surface area contributed by atoms with Crippen LogP contribution in [-0.2, 0) is 0 Å². The first-order valence-corrected chi connectivity index (χ1v) is 4.27. The van der Waals surface area contributed by atoms with Gasteiger partial charge < -0.3 is 5.32 Å². The smallest absolute Gasteiger partial charge is 0.131 e. The van der Waals surface area contributed by atoms with Gasteiger partial charge in [0.15, 0.2) is 0 Å². The monoisotopic (exact) mass is 178 g/mol. The van der Waals surface area contributed by atoms with Gasteiger partial charge in [-0.1, -0.05) is 0 Å². The van der Waals surface area contributed by atoms with Gasteiger partial charge in [0.2, 0.25) is 0 Å². The van der Waals surface area contributed by atoms with Gasteiger partial charge >= 0.3 is 0 Å². The lowest BCUT2D eigenvalue weighted by molar-refractivity contribution is 0.953. The molecule has 1 aromatic rings. The Bertz CT molecular complexity index is 289. The average Bonchev–Trinajstić information content (AvgIpc) is 2.16. The second-order valence-corrected chi connectivity index (χ2v) is 2.62. The fourth-order valence-corrected chi connectivity index (χ4v) is 0.993. The van der Waals surface area contributed by atoms with Crippen molar-refractivity contribution in [3.63, 3.8) is 0 Å². The van der Waals surface area contributed by atoms with Crippen molar-refractivity contribution >= 4 is 5.84 Å². The lowest BCUT2D eigenvalue weighted by Gasteiger charge is -2.05. The molecule has 1 heterocycles. The minimum atomic E-state index is 0.774. The number of aliphatic imine (C=N–C) groups is 1. The highest BCUT2D eigenvalue weighted by Gasteiger charge is 2.00. The van der Waals surface area contributed by atoms with Gasteiger partial charge in [-0.3, -0.25) is 4.99 Å². The molecule has 0 atom stereocenters. The number of nitrogens with one attached hydrogen (secondary N) is 1. The highest BCUT2D eigenvalue weighted by molar-refractivity contribution is 5.98. The van der Waals surface area contributed by atoms with E-state index in [1.807, 2.05) is 13.8 Å². The highest BCUT2D eigenvalue weighted by Crippen LogP contribution is 1.95. The number of nitrogens with zero attached hydrogens (tertiary/aromatic N) is 3. The van der Waals surface area contributed by atoms with Crippen molar-refractivity contribution in [2.24, 2.45) is 4.99 Å². The maximum atomic E-state index is 4.10. The average molecular weight is 178 g/mol. The molecule has 0 aliphatic carbocycles. The van der Waals surface area contributed by atoms with Crippen molar-refractivity contribution in [2.45, 2.75) is 13.8 Å². The fourth-order valence-electron chi connectivity index (χ4n) is 0.993. The summed E-state index contributed by atoms with van der Waals surface area (Å²) in [7, 11) is 1.75. The summed E-state index contributed by atoms with van der Waals surface area (Å²) in [6.45, 7) is 4.74. The molecule has 0 radical (unpaired) electrons. The van der Waals surface area contributed by atoms with Crippen LogP contribution in [0.4, 0.5) is 0 Å². The first kappa shape index (κ1) is 9.64. The van der Waals surface area contributed by atoms with Crippen LogP contribution in [0.25, 0.3) is 0 Å². The van der Waals surface area contributed by atoms with Crippen molar-refractivity contribution in [3.8, 4) is 0 Å². The Kier molecular flexibility index (Phi) is 3.37. The Balaban J connectivity index is 2.87. The molecule has 13 heavy (non-hydrogen) atoms. The number of hydrogen-bond donors (Lipinski definition) is 1. The van der Waals surface area contributed by atoms with Gasteiger partial charge in [-0.05, 0) is 13.8 Å². The molecule has 0 unspecified atom stereocenters. The quantitative estimate of drug-likeness (QED) is 0.537. The molecule has 0 saturated heterocycles. The van der Waals surface area contributed by atoms with Crippen LogP contribution in [0.3, 0.4) is 0 Å². The molecule has 1 rings (SSSR count). The second kappa shape index (κ2) is 4.54. The molecule has 0 fully saturated rings.